The maximum Gasteiger partial charge on any atom is 0.328 e. The minimum atomic E-state index is -0.691. The van der Waals surface area contributed by atoms with Crippen molar-refractivity contribution in [1.29, 1.82) is 0 Å². The predicted octanol–water partition coefficient (Wildman–Crippen LogP) is 1.87. The van der Waals surface area contributed by atoms with Crippen molar-refractivity contribution in [2.75, 3.05) is 14.2 Å². The first kappa shape index (κ1) is 16.4. The van der Waals surface area contributed by atoms with Crippen molar-refractivity contribution in [1.82, 2.24) is 15.2 Å². The highest BCUT2D eigenvalue weighted by Crippen LogP contribution is 2.20. The van der Waals surface area contributed by atoms with Crippen LogP contribution in [0.5, 0.6) is 0 Å². The van der Waals surface area contributed by atoms with E-state index in [2.05, 4.69) is 10.3 Å². The topological polar surface area (TPSA) is 71.5 Å². The molecule has 0 fully saturated rings. The second kappa shape index (κ2) is 6.69. The Balaban J connectivity index is 2.68. The fraction of sp³-hybridized carbons (Fsp3) is 0.615. The van der Waals surface area contributed by atoms with E-state index < -0.39 is 17.4 Å². The summed E-state index contributed by atoms with van der Waals surface area (Å²) in [6, 6.07) is -1.01. The van der Waals surface area contributed by atoms with Crippen LogP contribution in [0.15, 0.2) is 11.7 Å². The lowest BCUT2D eigenvalue weighted by molar-refractivity contribution is -0.145. The monoisotopic (exact) mass is 299 g/mol. The van der Waals surface area contributed by atoms with E-state index >= 15 is 0 Å². The molecule has 0 aliphatic rings. The molecule has 1 atom stereocenters. The number of urea groups is 1. The molecule has 1 N–H and O–H groups in total. The molecule has 0 saturated heterocycles. The molecule has 1 rings (SSSR count). The predicted molar refractivity (Wildman–Crippen MR) is 77.4 cm³/mol. The Morgan fingerprint density at radius 3 is 2.60 bits per heavy atom. The van der Waals surface area contributed by atoms with Crippen LogP contribution in [0.25, 0.3) is 0 Å². The quantitative estimate of drug-likeness (QED) is 0.862. The molecule has 6 nitrogen and oxygen atoms in total. The van der Waals surface area contributed by atoms with Crippen LogP contribution in [-0.2, 0) is 16.1 Å². The second-order valence-corrected chi connectivity index (χ2v) is 6.57. The van der Waals surface area contributed by atoms with Crippen molar-refractivity contribution in [3.05, 3.63) is 16.6 Å². The van der Waals surface area contributed by atoms with Gasteiger partial charge in [-0.05, 0) is 5.41 Å². The molecular formula is C13H21N3O3S. The van der Waals surface area contributed by atoms with Gasteiger partial charge in [0.05, 0.1) is 19.2 Å². The summed E-state index contributed by atoms with van der Waals surface area (Å²) in [6.07, 6.45) is 1.72. The first-order valence-electron chi connectivity index (χ1n) is 6.22. The van der Waals surface area contributed by atoms with E-state index in [-0.39, 0.29) is 6.03 Å². The van der Waals surface area contributed by atoms with E-state index in [0.29, 0.717) is 6.54 Å². The average Bonchev–Trinajstić information content (AvgIpc) is 2.86. The number of hydrogen-bond acceptors (Lipinski definition) is 5. The zero-order valence-corrected chi connectivity index (χ0v) is 13.3. The molecule has 1 aromatic heterocycles. The van der Waals surface area contributed by atoms with Gasteiger partial charge in [0.15, 0.2) is 0 Å². The van der Waals surface area contributed by atoms with Crippen LogP contribution in [0, 0.1) is 5.41 Å². The minimum Gasteiger partial charge on any atom is -0.467 e. The third-order valence-electron chi connectivity index (χ3n) is 2.79. The van der Waals surface area contributed by atoms with Crippen LogP contribution in [0.1, 0.15) is 25.6 Å². The Bertz CT molecular complexity index is 454. The first-order chi connectivity index (χ1) is 9.25. The van der Waals surface area contributed by atoms with Gasteiger partial charge in [0.2, 0.25) is 0 Å². The number of ether oxygens (including phenoxy) is 1. The minimum absolute atomic E-state index is 0.316. The second-order valence-electron chi connectivity index (χ2n) is 5.60. The van der Waals surface area contributed by atoms with Crippen LogP contribution < -0.4 is 5.32 Å². The Morgan fingerprint density at radius 2 is 2.15 bits per heavy atom. The van der Waals surface area contributed by atoms with Crippen LogP contribution in [-0.4, -0.2) is 42.1 Å². The van der Waals surface area contributed by atoms with Crippen molar-refractivity contribution in [2.24, 2.45) is 5.41 Å². The van der Waals surface area contributed by atoms with Crippen molar-refractivity contribution < 1.29 is 14.3 Å². The summed E-state index contributed by atoms with van der Waals surface area (Å²) in [7, 11) is 2.99. The number of hydrogen-bond donors (Lipinski definition) is 1. The molecule has 0 bridgehead atoms. The number of aromatic nitrogens is 1. The number of thiazole rings is 1. The van der Waals surface area contributed by atoms with E-state index in [4.69, 9.17) is 4.74 Å². The number of amides is 2. The van der Waals surface area contributed by atoms with E-state index in [1.807, 2.05) is 20.8 Å². The van der Waals surface area contributed by atoms with E-state index in [1.54, 1.807) is 18.8 Å². The number of esters is 1. The molecule has 0 aliphatic carbocycles. The number of methoxy groups -OCH3 is 1. The smallest absolute Gasteiger partial charge is 0.328 e. The van der Waals surface area contributed by atoms with Gasteiger partial charge in [0, 0.05) is 18.1 Å². The highest BCUT2D eigenvalue weighted by Gasteiger charge is 2.34. The molecule has 2 amide bonds. The molecule has 1 aromatic rings. The average molecular weight is 299 g/mol. The molecule has 0 spiro atoms. The number of carbonyl (C=O) groups is 2. The zero-order chi connectivity index (χ0) is 15.3. The van der Waals surface area contributed by atoms with Gasteiger partial charge in [-0.2, -0.15) is 0 Å². The van der Waals surface area contributed by atoms with Gasteiger partial charge in [-0.15, -0.1) is 11.3 Å². The molecule has 0 aliphatic heterocycles. The number of carbonyl (C=O) groups excluding carboxylic acids is 2. The highest BCUT2D eigenvalue weighted by atomic mass is 32.1. The van der Waals surface area contributed by atoms with Crippen molar-refractivity contribution in [2.45, 2.75) is 33.4 Å². The zero-order valence-electron chi connectivity index (χ0n) is 12.5. The third kappa shape index (κ3) is 4.48. The fourth-order valence-corrected chi connectivity index (χ4v) is 2.25. The number of nitrogens with zero attached hydrogens (tertiary/aromatic N) is 2. The molecule has 1 heterocycles. The van der Waals surface area contributed by atoms with Crippen LogP contribution in [0.4, 0.5) is 4.79 Å². The Labute approximate surface area is 123 Å². The summed E-state index contributed by atoms with van der Waals surface area (Å²) in [5.74, 6) is -0.447. The van der Waals surface area contributed by atoms with Crippen molar-refractivity contribution in [3.8, 4) is 0 Å². The Morgan fingerprint density at radius 1 is 1.50 bits per heavy atom. The Kier molecular flexibility index (Phi) is 5.50. The van der Waals surface area contributed by atoms with E-state index in [1.165, 1.54) is 23.3 Å². The molecule has 0 radical (unpaired) electrons. The lowest BCUT2D eigenvalue weighted by atomic mass is 9.87. The van der Waals surface area contributed by atoms with Gasteiger partial charge in [0.1, 0.15) is 6.04 Å². The molecule has 0 aromatic carbocycles. The van der Waals surface area contributed by atoms with Crippen molar-refractivity contribution in [3.63, 3.8) is 0 Å². The molecule has 0 unspecified atom stereocenters. The van der Waals surface area contributed by atoms with Crippen LogP contribution >= 0.6 is 11.3 Å². The van der Waals surface area contributed by atoms with Gasteiger partial charge < -0.3 is 15.0 Å². The van der Waals surface area contributed by atoms with E-state index in [0.717, 1.165) is 4.88 Å². The molecular weight excluding hydrogens is 278 g/mol. The number of nitrogens with one attached hydrogen (secondary N) is 1. The van der Waals surface area contributed by atoms with Gasteiger partial charge in [-0.1, -0.05) is 20.8 Å². The summed E-state index contributed by atoms with van der Waals surface area (Å²) < 4.78 is 4.75. The standard InChI is InChI=1S/C13H21N3O3S/c1-13(2,3)10(11(17)19-5)15-12(18)16(4)7-9-6-14-8-20-9/h6,8,10H,7H2,1-5H3,(H,15,18)/t10-/m1/s1. The van der Waals surface area contributed by atoms with Crippen LogP contribution in [0.3, 0.4) is 0 Å². The lowest BCUT2D eigenvalue weighted by Gasteiger charge is -2.30. The first-order valence-corrected chi connectivity index (χ1v) is 7.10. The lowest BCUT2D eigenvalue weighted by Crippen LogP contribution is -2.52. The highest BCUT2D eigenvalue weighted by molar-refractivity contribution is 7.09. The number of rotatable bonds is 4. The fourth-order valence-electron chi connectivity index (χ4n) is 1.61. The molecule has 20 heavy (non-hydrogen) atoms. The normalized spacial score (nSPS) is 12.7. The van der Waals surface area contributed by atoms with Gasteiger partial charge >= 0.3 is 12.0 Å². The molecule has 7 heteroatoms. The van der Waals surface area contributed by atoms with Gasteiger partial charge in [-0.25, -0.2) is 9.59 Å². The summed E-state index contributed by atoms with van der Waals surface area (Å²) in [5.41, 5.74) is 1.29. The third-order valence-corrected chi connectivity index (χ3v) is 3.56. The summed E-state index contributed by atoms with van der Waals surface area (Å²) in [5, 5.41) is 2.72. The summed E-state index contributed by atoms with van der Waals surface area (Å²) in [6.45, 7) is 6.07. The van der Waals surface area contributed by atoms with Gasteiger partial charge in [-0.3, -0.25) is 4.98 Å². The summed E-state index contributed by atoms with van der Waals surface area (Å²) >= 11 is 1.48. The van der Waals surface area contributed by atoms with Crippen molar-refractivity contribution >= 4 is 23.3 Å². The Hall–Kier alpha value is -1.63. The largest absolute Gasteiger partial charge is 0.467 e. The maximum atomic E-state index is 12.1. The van der Waals surface area contributed by atoms with Crippen LogP contribution in [0.2, 0.25) is 0 Å². The van der Waals surface area contributed by atoms with E-state index in [9.17, 15) is 9.59 Å². The summed E-state index contributed by atoms with van der Waals surface area (Å²) in [4.78, 5) is 30.4. The molecule has 112 valence electrons. The maximum absolute atomic E-state index is 12.1. The molecule has 0 saturated carbocycles. The van der Waals surface area contributed by atoms with Gasteiger partial charge in [0.25, 0.3) is 0 Å². The SMILES string of the molecule is COC(=O)[C@@H](NC(=O)N(C)Cc1cncs1)C(C)(C)C.